The molecule has 0 aliphatic heterocycles. The Kier molecular flexibility index (Phi) is 7.36. The molecular weight excluding hydrogens is 388 g/mol. The van der Waals surface area contributed by atoms with E-state index >= 15 is 0 Å². The van der Waals surface area contributed by atoms with Crippen molar-refractivity contribution < 1.29 is 9.90 Å². The average molecular weight is 425 g/mol. The monoisotopic (exact) mass is 424 g/mol. The van der Waals surface area contributed by atoms with Gasteiger partial charge in [0.05, 0.1) is 4.88 Å². The lowest BCUT2D eigenvalue weighted by Gasteiger charge is -2.30. The number of aliphatic hydroxyl groups is 1. The van der Waals surface area contributed by atoms with Gasteiger partial charge in [-0.3, -0.25) is 4.79 Å². The summed E-state index contributed by atoms with van der Waals surface area (Å²) in [7, 11) is 0. The molecule has 0 fully saturated rings. The van der Waals surface area contributed by atoms with Crippen molar-refractivity contribution in [2.24, 2.45) is 5.41 Å². The molecule has 2 aromatic rings. The minimum absolute atomic E-state index is 0.149. The van der Waals surface area contributed by atoms with Crippen molar-refractivity contribution in [2.45, 2.75) is 79.6 Å². The highest BCUT2D eigenvalue weighted by molar-refractivity contribution is 7.14. The second-order valence-corrected chi connectivity index (χ2v) is 10.5. The maximum Gasteiger partial charge on any atom is 0.196 e. The smallest absolute Gasteiger partial charge is 0.196 e. The summed E-state index contributed by atoms with van der Waals surface area (Å²) in [5.41, 5.74) is 8.10. The Hall–Kier alpha value is -1.71. The molecule has 0 atom stereocenters. The molecule has 1 aromatic carbocycles. The third kappa shape index (κ3) is 4.95. The fraction of sp³-hybridized carbons (Fsp3) is 0.519. The predicted octanol–water partition coefficient (Wildman–Crippen LogP) is 6.52. The average Bonchev–Trinajstić information content (AvgIpc) is 3.07. The van der Waals surface area contributed by atoms with Crippen LogP contribution in [0.5, 0.6) is 0 Å². The van der Waals surface area contributed by atoms with Crippen LogP contribution in [-0.2, 0) is 32.1 Å². The van der Waals surface area contributed by atoms with E-state index in [0.29, 0.717) is 5.41 Å². The molecule has 1 aromatic heterocycles. The lowest BCUT2D eigenvalue weighted by atomic mass is 9.74. The number of allylic oxidation sites excluding steroid dienone is 1. The highest BCUT2D eigenvalue weighted by Crippen LogP contribution is 2.42. The minimum Gasteiger partial charge on any atom is -0.396 e. The van der Waals surface area contributed by atoms with Crippen LogP contribution in [0, 0.1) is 12.3 Å². The van der Waals surface area contributed by atoms with Gasteiger partial charge in [-0.1, -0.05) is 45.9 Å². The standard InChI is InChI=1S/C27H36O2S/c1-6-20-16-19(15-18(3)21(20)9-8-14-28)10-11-24(29)26-22-12-13-27(4,5)17-23(22)25(7-2)30-26/h10-11,15-16,28H,6-9,12-14,17H2,1-5H3. The minimum atomic E-state index is 0.149. The third-order valence-corrected chi connectivity index (χ3v) is 7.87. The first kappa shape index (κ1) is 23.0. The van der Waals surface area contributed by atoms with Gasteiger partial charge in [-0.2, -0.15) is 0 Å². The number of benzene rings is 1. The van der Waals surface area contributed by atoms with Crippen LogP contribution in [0.25, 0.3) is 6.08 Å². The number of thiophene rings is 1. The SMILES string of the molecule is CCc1cc(C=CC(=O)c2sc(CC)c3c2CCC(C)(C)C3)cc(C)c1CCCO. The predicted molar refractivity (Wildman–Crippen MR) is 129 cm³/mol. The van der Waals surface area contributed by atoms with Gasteiger partial charge in [-0.15, -0.1) is 11.3 Å². The summed E-state index contributed by atoms with van der Waals surface area (Å²) >= 11 is 1.72. The Morgan fingerprint density at radius 1 is 1.20 bits per heavy atom. The molecule has 2 nitrogen and oxygen atoms in total. The second kappa shape index (κ2) is 9.62. The van der Waals surface area contributed by atoms with E-state index in [1.54, 1.807) is 17.4 Å². The summed E-state index contributed by atoms with van der Waals surface area (Å²) in [6.07, 6.45) is 10.7. The van der Waals surface area contributed by atoms with Crippen molar-refractivity contribution in [3.8, 4) is 0 Å². The zero-order chi connectivity index (χ0) is 21.9. The molecule has 0 spiro atoms. The largest absolute Gasteiger partial charge is 0.396 e. The third-order valence-electron chi connectivity index (χ3n) is 6.43. The van der Waals surface area contributed by atoms with Gasteiger partial charge < -0.3 is 5.11 Å². The lowest BCUT2D eigenvalue weighted by Crippen LogP contribution is -2.22. The summed E-state index contributed by atoms with van der Waals surface area (Å²) in [4.78, 5) is 15.5. The van der Waals surface area contributed by atoms with Crippen molar-refractivity contribution >= 4 is 23.2 Å². The zero-order valence-electron chi connectivity index (χ0n) is 19.2. The maximum absolute atomic E-state index is 13.1. The molecular formula is C27H36O2S. The number of fused-ring (bicyclic) bond motifs is 1. The van der Waals surface area contributed by atoms with E-state index < -0.39 is 0 Å². The van der Waals surface area contributed by atoms with E-state index in [2.05, 4.69) is 46.8 Å². The molecule has 0 unspecified atom stereocenters. The first-order valence-corrected chi connectivity index (χ1v) is 12.2. The van der Waals surface area contributed by atoms with E-state index in [1.165, 1.54) is 32.7 Å². The van der Waals surface area contributed by atoms with Gasteiger partial charge in [0.2, 0.25) is 0 Å². The normalized spacial score (nSPS) is 15.5. The van der Waals surface area contributed by atoms with Crippen LogP contribution in [0.3, 0.4) is 0 Å². The van der Waals surface area contributed by atoms with Gasteiger partial charge in [-0.25, -0.2) is 0 Å². The van der Waals surface area contributed by atoms with Crippen LogP contribution in [0.1, 0.15) is 88.5 Å². The van der Waals surface area contributed by atoms with E-state index in [9.17, 15) is 9.90 Å². The Balaban J connectivity index is 1.86. The van der Waals surface area contributed by atoms with Gasteiger partial charge in [0.15, 0.2) is 5.78 Å². The molecule has 0 bridgehead atoms. The van der Waals surface area contributed by atoms with E-state index in [4.69, 9.17) is 0 Å². The number of aliphatic hydroxyl groups excluding tert-OH is 1. The molecule has 3 rings (SSSR count). The summed E-state index contributed by atoms with van der Waals surface area (Å²) < 4.78 is 0. The number of carbonyl (C=O) groups is 1. The fourth-order valence-electron chi connectivity index (χ4n) is 4.73. The number of hydrogen-bond donors (Lipinski definition) is 1. The van der Waals surface area contributed by atoms with Crippen LogP contribution in [0.15, 0.2) is 18.2 Å². The van der Waals surface area contributed by atoms with Gasteiger partial charge in [0.25, 0.3) is 0 Å². The van der Waals surface area contributed by atoms with Gasteiger partial charge in [-0.05, 0) is 96.7 Å². The summed E-state index contributed by atoms with van der Waals surface area (Å²) in [5, 5.41) is 9.17. The molecule has 0 saturated heterocycles. The fourth-order valence-corrected chi connectivity index (χ4v) is 5.96. The van der Waals surface area contributed by atoms with Crippen molar-refractivity contribution in [3.05, 3.63) is 61.3 Å². The number of hydrogen-bond acceptors (Lipinski definition) is 3. The summed E-state index contributed by atoms with van der Waals surface area (Å²) in [6.45, 7) is 11.4. The molecule has 1 aliphatic rings. The first-order chi connectivity index (χ1) is 14.3. The van der Waals surface area contributed by atoms with Crippen LogP contribution >= 0.6 is 11.3 Å². The van der Waals surface area contributed by atoms with Crippen LogP contribution in [0.2, 0.25) is 0 Å². The molecule has 0 saturated carbocycles. The molecule has 162 valence electrons. The molecule has 1 aliphatic carbocycles. The highest BCUT2D eigenvalue weighted by Gasteiger charge is 2.31. The first-order valence-electron chi connectivity index (χ1n) is 11.4. The Morgan fingerprint density at radius 2 is 1.97 bits per heavy atom. The highest BCUT2D eigenvalue weighted by atomic mass is 32.1. The topological polar surface area (TPSA) is 37.3 Å². The maximum atomic E-state index is 13.1. The number of carbonyl (C=O) groups excluding carboxylic acids is 1. The molecule has 0 amide bonds. The lowest BCUT2D eigenvalue weighted by molar-refractivity contribution is 0.105. The van der Waals surface area contributed by atoms with Crippen molar-refractivity contribution in [3.63, 3.8) is 0 Å². The van der Waals surface area contributed by atoms with Crippen molar-refractivity contribution in [1.29, 1.82) is 0 Å². The Bertz CT molecular complexity index is 946. The van der Waals surface area contributed by atoms with Gasteiger partial charge >= 0.3 is 0 Å². The summed E-state index contributed by atoms with van der Waals surface area (Å²) in [6, 6.07) is 4.37. The summed E-state index contributed by atoms with van der Waals surface area (Å²) in [5.74, 6) is 0.149. The van der Waals surface area contributed by atoms with Crippen molar-refractivity contribution in [2.75, 3.05) is 6.61 Å². The van der Waals surface area contributed by atoms with E-state index in [-0.39, 0.29) is 12.4 Å². The molecule has 1 N–H and O–H groups in total. The number of aryl methyl sites for hydroxylation is 3. The number of ketones is 1. The van der Waals surface area contributed by atoms with E-state index in [1.807, 2.05) is 6.08 Å². The molecule has 3 heteroatoms. The van der Waals surface area contributed by atoms with Crippen LogP contribution in [0.4, 0.5) is 0 Å². The molecule has 30 heavy (non-hydrogen) atoms. The van der Waals surface area contributed by atoms with Gasteiger partial charge in [0, 0.05) is 11.5 Å². The second-order valence-electron chi connectivity index (χ2n) is 9.36. The van der Waals surface area contributed by atoms with Crippen LogP contribution < -0.4 is 0 Å². The molecule has 1 heterocycles. The zero-order valence-corrected chi connectivity index (χ0v) is 20.0. The van der Waals surface area contributed by atoms with Crippen molar-refractivity contribution in [1.82, 2.24) is 0 Å². The van der Waals surface area contributed by atoms with Gasteiger partial charge in [0.1, 0.15) is 0 Å². The Morgan fingerprint density at radius 3 is 2.63 bits per heavy atom. The van der Waals surface area contributed by atoms with Crippen LogP contribution in [-0.4, -0.2) is 17.5 Å². The molecule has 0 radical (unpaired) electrons. The number of rotatable bonds is 8. The Labute approximate surface area is 186 Å². The quantitative estimate of drug-likeness (QED) is 0.387. The van der Waals surface area contributed by atoms with E-state index in [0.717, 1.165) is 55.4 Å².